The van der Waals surface area contributed by atoms with Crippen molar-refractivity contribution in [3.63, 3.8) is 0 Å². The Hall–Kier alpha value is 0. The largest absolute Gasteiger partial charge is 0.444 e. The van der Waals surface area contributed by atoms with E-state index in [9.17, 15) is 4.79 Å². The van der Waals surface area contributed by atoms with E-state index in [4.69, 9.17) is 4.74 Å². The van der Waals surface area contributed by atoms with Gasteiger partial charge < -0.3 is 10.1 Å². The van der Waals surface area contributed by atoms with Crippen molar-refractivity contribution >= 4 is 28.7 Å². The minimum atomic E-state index is -0.401. The Labute approximate surface area is 112 Å². The number of alkyl carbamates (subject to hydrolysis) is 1. The second-order valence-electron chi connectivity index (χ2n) is 5.53. The van der Waals surface area contributed by atoms with E-state index in [1.54, 1.807) is 0 Å². The van der Waals surface area contributed by atoms with Crippen LogP contribution in [0.15, 0.2) is 0 Å². The summed E-state index contributed by atoms with van der Waals surface area (Å²) in [4.78, 5) is 11.6. The number of halogens is 1. The lowest BCUT2D eigenvalue weighted by molar-refractivity contribution is 0.0487. The third-order valence-corrected chi connectivity index (χ3v) is 3.97. The van der Waals surface area contributed by atoms with Gasteiger partial charge in [0.15, 0.2) is 0 Å². The van der Waals surface area contributed by atoms with Gasteiger partial charge in [-0.2, -0.15) is 0 Å². The van der Waals surface area contributed by atoms with Crippen LogP contribution in [0, 0.1) is 5.92 Å². The number of hydrogen-bond acceptors (Lipinski definition) is 2. The quantitative estimate of drug-likeness (QED) is 0.618. The van der Waals surface area contributed by atoms with Crippen LogP contribution in [-0.4, -0.2) is 22.2 Å². The zero-order valence-corrected chi connectivity index (χ0v) is 12.5. The van der Waals surface area contributed by atoms with Gasteiger partial charge in [-0.05, 0) is 46.0 Å². The molecule has 16 heavy (non-hydrogen) atoms. The molecular weight excluding hydrogens is 317 g/mol. The molecule has 0 bridgehead atoms. The fourth-order valence-electron chi connectivity index (χ4n) is 2.04. The molecule has 0 heterocycles. The Bertz CT molecular complexity index is 238. The first kappa shape index (κ1) is 14.1. The van der Waals surface area contributed by atoms with E-state index in [-0.39, 0.29) is 6.09 Å². The Morgan fingerprint density at radius 2 is 2.12 bits per heavy atom. The molecular formula is C12H22INO2. The molecule has 2 unspecified atom stereocenters. The molecule has 1 saturated carbocycles. The van der Waals surface area contributed by atoms with Crippen molar-refractivity contribution in [2.75, 3.05) is 4.43 Å². The van der Waals surface area contributed by atoms with Crippen molar-refractivity contribution in [3.05, 3.63) is 0 Å². The van der Waals surface area contributed by atoms with Crippen molar-refractivity contribution in [2.24, 2.45) is 5.92 Å². The highest BCUT2D eigenvalue weighted by atomic mass is 127. The number of rotatable bonds is 2. The fourth-order valence-corrected chi connectivity index (χ4v) is 2.84. The van der Waals surface area contributed by atoms with E-state index >= 15 is 0 Å². The minimum Gasteiger partial charge on any atom is -0.444 e. The van der Waals surface area contributed by atoms with Gasteiger partial charge in [0, 0.05) is 10.5 Å². The highest BCUT2D eigenvalue weighted by molar-refractivity contribution is 14.1. The predicted molar refractivity (Wildman–Crippen MR) is 74.0 cm³/mol. The predicted octanol–water partition coefficient (Wildman–Crippen LogP) is 3.50. The Morgan fingerprint density at radius 3 is 2.69 bits per heavy atom. The molecule has 0 aromatic rings. The average Bonchev–Trinajstić information content (AvgIpc) is 2.15. The molecule has 94 valence electrons. The molecule has 1 amide bonds. The van der Waals surface area contributed by atoms with Gasteiger partial charge in [-0.3, -0.25) is 0 Å². The number of ether oxygens (including phenoxy) is 1. The number of nitrogens with one attached hydrogen (secondary N) is 1. The molecule has 1 N–H and O–H groups in total. The second-order valence-corrected chi connectivity index (χ2v) is 6.41. The van der Waals surface area contributed by atoms with Crippen molar-refractivity contribution < 1.29 is 9.53 Å². The lowest BCUT2D eigenvalue weighted by atomic mass is 9.87. The van der Waals surface area contributed by atoms with E-state index in [1.165, 1.54) is 17.3 Å². The van der Waals surface area contributed by atoms with Crippen molar-refractivity contribution in [1.82, 2.24) is 5.32 Å². The molecule has 1 fully saturated rings. The third kappa shape index (κ3) is 5.37. The first-order valence-electron chi connectivity index (χ1n) is 5.96. The molecule has 1 rings (SSSR count). The lowest BCUT2D eigenvalue weighted by Crippen LogP contribution is -2.41. The molecule has 0 aliphatic heterocycles. The summed E-state index contributed by atoms with van der Waals surface area (Å²) in [6, 6.07) is 0.309. The molecule has 4 heteroatoms. The van der Waals surface area contributed by atoms with Gasteiger partial charge in [0.25, 0.3) is 0 Å². The molecule has 0 aromatic carbocycles. The topological polar surface area (TPSA) is 38.3 Å². The third-order valence-electron chi connectivity index (χ3n) is 2.72. The van der Waals surface area contributed by atoms with E-state index in [0.29, 0.717) is 6.04 Å². The van der Waals surface area contributed by atoms with Crippen LogP contribution >= 0.6 is 22.6 Å². The zero-order valence-electron chi connectivity index (χ0n) is 10.4. The standard InChI is InChI=1S/C12H22INO2/c1-12(2,3)16-11(15)14-10-6-4-5-9(7-10)8-13/h9-10H,4-8H2,1-3H3,(H,14,15). The van der Waals surface area contributed by atoms with Gasteiger partial charge in [0.2, 0.25) is 0 Å². The molecule has 2 atom stereocenters. The van der Waals surface area contributed by atoms with Crippen LogP contribution in [-0.2, 0) is 4.74 Å². The maximum Gasteiger partial charge on any atom is 0.407 e. The molecule has 1 aliphatic carbocycles. The molecule has 1 aliphatic rings. The average molecular weight is 339 g/mol. The Balaban J connectivity index is 2.33. The number of carbonyl (C=O) groups excluding carboxylic acids is 1. The van der Waals surface area contributed by atoms with E-state index in [1.807, 2.05) is 20.8 Å². The van der Waals surface area contributed by atoms with Crippen molar-refractivity contribution in [1.29, 1.82) is 0 Å². The van der Waals surface area contributed by atoms with Crippen molar-refractivity contribution in [3.8, 4) is 0 Å². The smallest absolute Gasteiger partial charge is 0.407 e. The maximum atomic E-state index is 11.6. The first-order valence-corrected chi connectivity index (χ1v) is 7.49. The molecule has 3 nitrogen and oxygen atoms in total. The Morgan fingerprint density at radius 1 is 1.44 bits per heavy atom. The fraction of sp³-hybridized carbons (Fsp3) is 0.917. The summed E-state index contributed by atoms with van der Waals surface area (Å²) < 4.78 is 6.44. The molecule has 0 saturated heterocycles. The van der Waals surface area contributed by atoms with E-state index in [2.05, 4.69) is 27.9 Å². The maximum absolute atomic E-state index is 11.6. The first-order chi connectivity index (χ1) is 7.40. The van der Waals surface area contributed by atoms with Crippen LogP contribution < -0.4 is 5.32 Å². The highest BCUT2D eigenvalue weighted by Crippen LogP contribution is 2.26. The summed E-state index contributed by atoms with van der Waals surface area (Å²) in [5, 5.41) is 2.98. The monoisotopic (exact) mass is 339 g/mol. The minimum absolute atomic E-state index is 0.272. The summed E-state index contributed by atoms with van der Waals surface area (Å²) in [6.45, 7) is 5.67. The summed E-state index contributed by atoms with van der Waals surface area (Å²) >= 11 is 2.43. The number of hydrogen-bond donors (Lipinski definition) is 1. The van der Waals surface area contributed by atoms with Gasteiger partial charge in [-0.1, -0.05) is 29.0 Å². The Kier molecular flexibility index (Phi) is 5.34. The zero-order chi connectivity index (χ0) is 12.2. The summed E-state index contributed by atoms with van der Waals surface area (Å²) in [7, 11) is 0. The van der Waals surface area contributed by atoms with Crippen LogP contribution in [0.1, 0.15) is 46.5 Å². The van der Waals surface area contributed by atoms with Crippen molar-refractivity contribution in [2.45, 2.75) is 58.1 Å². The number of alkyl halides is 1. The van der Waals surface area contributed by atoms with Crippen LogP contribution in [0.25, 0.3) is 0 Å². The SMILES string of the molecule is CC(C)(C)OC(=O)NC1CCCC(CI)C1. The van der Waals surface area contributed by atoms with E-state index in [0.717, 1.165) is 18.8 Å². The molecule has 0 aromatic heterocycles. The number of carbonyl (C=O) groups is 1. The lowest BCUT2D eigenvalue weighted by Gasteiger charge is -2.29. The van der Waals surface area contributed by atoms with Crippen LogP contribution in [0.3, 0.4) is 0 Å². The summed E-state index contributed by atoms with van der Waals surface area (Å²) in [5.41, 5.74) is -0.401. The normalized spacial score (nSPS) is 26.2. The van der Waals surface area contributed by atoms with Crippen LogP contribution in [0.2, 0.25) is 0 Å². The van der Waals surface area contributed by atoms with Gasteiger partial charge >= 0.3 is 6.09 Å². The van der Waals surface area contributed by atoms with Gasteiger partial charge in [0.05, 0.1) is 0 Å². The van der Waals surface area contributed by atoms with Crippen LogP contribution in [0.4, 0.5) is 4.79 Å². The van der Waals surface area contributed by atoms with E-state index < -0.39 is 5.60 Å². The summed E-state index contributed by atoms with van der Waals surface area (Å²) in [5.74, 6) is 0.759. The highest BCUT2D eigenvalue weighted by Gasteiger charge is 2.24. The molecule has 0 radical (unpaired) electrons. The second kappa shape index (κ2) is 6.07. The van der Waals surface area contributed by atoms with Crippen LogP contribution in [0.5, 0.6) is 0 Å². The van der Waals surface area contributed by atoms with Gasteiger partial charge in [-0.15, -0.1) is 0 Å². The number of amides is 1. The van der Waals surface area contributed by atoms with Gasteiger partial charge in [0.1, 0.15) is 5.60 Å². The molecule has 0 spiro atoms. The van der Waals surface area contributed by atoms with Gasteiger partial charge in [-0.25, -0.2) is 4.79 Å². The summed E-state index contributed by atoms with van der Waals surface area (Å²) in [6.07, 6.45) is 4.43.